The van der Waals surface area contributed by atoms with Crippen molar-refractivity contribution in [1.29, 1.82) is 0 Å². The van der Waals surface area contributed by atoms with Crippen molar-refractivity contribution in [2.45, 2.75) is 31.5 Å². The molecule has 3 rings (SSSR count). The highest BCUT2D eigenvalue weighted by molar-refractivity contribution is 5.77. The number of phenolic OH excluding ortho intramolecular Hbond substituents is 1. The van der Waals surface area contributed by atoms with Crippen LogP contribution in [0.2, 0.25) is 0 Å². The minimum absolute atomic E-state index is 0.139. The zero-order valence-corrected chi connectivity index (χ0v) is 12.9. The fraction of sp³-hybridized carbons (Fsp3) is 0.278. The average Bonchev–Trinajstić information content (AvgIpc) is 2.53. The van der Waals surface area contributed by atoms with E-state index in [1.165, 1.54) is 12.1 Å². The molecule has 0 aromatic heterocycles. The SMILES string of the molecule is O=C1CC[C@@H](NCc2cccc(O)c2)[C@H](c2cc(F)cc(F)c2)N1. The fourth-order valence-corrected chi connectivity index (χ4v) is 3.01. The van der Waals surface area contributed by atoms with Crippen LogP contribution in [0.25, 0.3) is 0 Å². The van der Waals surface area contributed by atoms with Crippen LogP contribution in [0.3, 0.4) is 0 Å². The first-order valence-corrected chi connectivity index (χ1v) is 7.78. The van der Waals surface area contributed by atoms with Crippen LogP contribution in [0.15, 0.2) is 42.5 Å². The lowest BCUT2D eigenvalue weighted by atomic mass is 9.91. The number of carbonyl (C=O) groups excluding carboxylic acids is 1. The van der Waals surface area contributed by atoms with Gasteiger partial charge >= 0.3 is 0 Å². The van der Waals surface area contributed by atoms with Crippen molar-refractivity contribution in [1.82, 2.24) is 10.6 Å². The summed E-state index contributed by atoms with van der Waals surface area (Å²) in [4.78, 5) is 11.7. The Hall–Kier alpha value is -2.47. The molecule has 126 valence electrons. The minimum atomic E-state index is -0.670. The number of carbonyl (C=O) groups is 1. The van der Waals surface area contributed by atoms with Crippen LogP contribution >= 0.6 is 0 Å². The van der Waals surface area contributed by atoms with Gasteiger partial charge in [0.2, 0.25) is 5.91 Å². The molecule has 0 unspecified atom stereocenters. The number of aromatic hydroxyl groups is 1. The van der Waals surface area contributed by atoms with E-state index in [0.29, 0.717) is 24.9 Å². The molecular formula is C18H18F2N2O2. The Bertz CT molecular complexity index is 731. The second-order valence-electron chi connectivity index (χ2n) is 5.94. The Balaban J connectivity index is 1.77. The molecule has 1 saturated heterocycles. The molecule has 1 aliphatic rings. The molecule has 1 fully saturated rings. The first-order chi connectivity index (χ1) is 11.5. The van der Waals surface area contributed by atoms with Gasteiger partial charge in [-0.1, -0.05) is 12.1 Å². The summed E-state index contributed by atoms with van der Waals surface area (Å²) in [6, 6.07) is 9.46. The van der Waals surface area contributed by atoms with Crippen molar-refractivity contribution in [3.05, 3.63) is 65.2 Å². The molecule has 4 nitrogen and oxygen atoms in total. The maximum atomic E-state index is 13.5. The van der Waals surface area contributed by atoms with Crippen molar-refractivity contribution < 1.29 is 18.7 Å². The van der Waals surface area contributed by atoms with Crippen LogP contribution in [-0.4, -0.2) is 17.1 Å². The maximum Gasteiger partial charge on any atom is 0.220 e. The van der Waals surface area contributed by atoms with Gasteiger partial charge in [-0.05, 0) is 41.8 Å². The van der Waals surface area contributed by atoms with Crippen molar-refractivity contribution in [2.24, 2.45) is 0 Å². The van der Waals surface area contributed by atoms with Crippen molar-refractivity contribution >= 4 is 5.91 Å². The van der Waals surface area contributed by atoms with Crippen molar-refractivity contribution in [2.75, 3.05) is 0 Å². The number of nitrogens with one attached hydrogen (secondary N) is 2. The summed E-state index contributed by atoms with van der Waals surface area (Å²) in [5.74, 6) is -1.30. The van der Waals surface area contributed by atoms with Crippen molar-refractivity contribution in [3.8, 4) is 5.75 Å². The standard InChI is InChI=1S/C18H18F2N2O2/c19-13-7-12(8-14(20)9-13)18-16(4-5-17(24)22-18)21-10-11-2-1-3-15(23)6-11/h1-3,6-9,16,18,21,23H,4-5,10H2,(H,22,24)/t16-,18+/m1/s1. The van der Waals surface area contributed by atoms with Gasteiger partial charge in [0.1, 0.15) is 17.4 Å². The molecule has 2 aromatic carbocycles. The summed E-state index contributed by atoms with van der Waals surface area (Å²) < 4.78 is 27.0. The summed E-state index contributed by atoms with van der Waals surface area (Å²) in [6.45, 7) is 0.475. The Labute approximate surface area is 138 Å². The van der Waals surface area contributed by atoms with Gasteiger partial charge in [0.05, 0.1) is 6.04 Å². The minimum Gasteiger partial charge on any atom is -0.508 e. The van der Waals surface area contributed by atoms with Crippen LogP contribution in [0.4, 0.5) is 8.78 Å². The van der Waals surface area contributed by atoms with Crippen LogP contribution in [0.5, 0.6) is 5.75 Å². The van der Waals surface area contributed by atoms with Gasteiger partial charge in [0.15, 0.2) is 0 Å². The van der Waals surface area contributed by atoms with E-state index in [9.17, 15) is 18.7 Å². The number of amides is 1. The predicted molar refractivity (Wildman–Crippen MR) is 85.2 cm³/mol. The first kappa shape index (κ1) is 16.4. The number of rotatable bonds is 4. The van der Waals surface area contributed by atoms with Crippen LogP contribution in [-0.2, 0) is 11.3 Å². The first-order valence-electron chi connectivity index (χ1n) is 7.78. The van der Waals surface area contributed by atoms with Gasteiger partial charge < -0.3 is 15.7 Å². The topological polar surface area (TPSA) is 61.4 Å². The summed E-state index contributed by atoms with van der Waals surface area (Å²) in [5.41, 5.74) is 1.28. The normalized spacial score (nSPS) is 20.7. The molecule has 1 amide bonds. The molecule has 1 aliphatic heterocycles. The van der Waals surface area contributed by atoms with E-state index < -0.39 is 17.7 Å². The number of hydrogen-bond acceptors (Lipinski definition) is 3. The van der Waals surface area contributed by atoms with E-state index in [-0.39, 0.29) is 17.7 Å². The molecule has 24 heavy (non-hydrogen) atoms. The zero-order chi connectivity index (χ0) is 17.1. The fourth-order valence-electron chi connectivity index (χ4n) is 3.01. The lowest BCUT2D eigenvalue weighted by Gasteiger charge is -2.33. The Morgan fingerprint density at radius 1 is 1.17 bits per heavy atom. The summed E-state index contributed by atoms with van der Waals surface area (Å²) in [5, 5.41) is 15.6. The van der Waals surface area contributed by atoms with Gasteiger partial charge in [0.25, 0.3) is 0 Å². The number of phenols is 1. The molecule has 0 aliphatic carbocycles. The quantitative estimate of drug-likeness (QED) is 0.807. The smallest absolute Gasteiger partial charge is 0.220 e. The molecule has 0 spiro atoms. The number of halogens is 2. The Morgan fingerprint density at radius 2 is 1.92 bits per heavy atom. The van der Waals surface area contributed by atoms with E-state index >= 15 is 0 Å². The third kappa shape index (κ3) is 3.89. The van der Waals surface area contributed by atoms with Crippen LogP contribution in [0, 0.1) is 11.6 Å². The highest BCUT2D eigenvalue weighted by atomic mass is 19.1. The molecule has 2 aromatic rings. The molecule has 0 saturated carbocycles. The third-order valence-electron chi connectivity index (χ3n) is 4.12. The molecular weight excluding hydrogens is 314 g/mol. The van der Waals surface area contributed by atoms with E-state index in [0.717, 1.165) is 11.6 Å². The lowest BCUT2D eigenvalue weighted by Crippen LogP contribution is -2.48. The number of hydrogen-bond donors (Lipinski definition) is 3. The summed E-state index contributed by atoms with van der Waals surface area (Å²) in [6.07, 6.45) is 0.916. The van der Waals surface area contributed by atoms with Crippen LogP contribution < -0.4 is 10.6 Å². The van der Waals surface area contributed by atoms with Gasteiger partial charge in [-0.2, -0.15) is 0 Å². The molecule has 1 heterocycles. The third-order valence-corrected chi connectivity index (χ3v) is 4.12. The van der Waals surface area contributed by atoms with Crippen LogP contribution in [0.1, 0.15) is 30.0 Å². The van der Waals surface area contributed by atoms with Gasteiger partial charge in [-0.15, -0.1) is 0 Å². The largest absolute Gasteiger partial charge is 0.508 e. The van der Waals surface area contributed by atoms with E-state index in [2.05, 4.69) is 10.6 Å². The highest BCUT2D eigenvalue weighted by Gasteiger charge is 2.30. The maximum absolute atomic E-state index is 13.5. The average molecular weight is 332 g/mol. The highest BCUT2D eigenvalue weighted by Crippen LogP contribution is 2.26. The summed E-state index contributed by atoms with van der Waals surface area (Å²) in [7, 11) is 0. The molecule has 2 atom stereocenters. The Morgan fingerprint density at radius 3 is 2.62 bits per heavy atom. The summed E-state index contributed by atoms with van der Waals surface area (Å²) >= 11 is 0. The molecule has 3 N–H and O–H groups in total. The molecule has 0 bridgehead atoms. The second kappa shape index (κ2) is 6.97. The Kier molecular flexibility index (Phi) is 4.76. The van der Waals surface area contributed by atoms with E-state index in [1.807, 2.05) is 6.07 Å². The predicted octanol–water partition coefficient (Wildman–Crippen LogP) is 2.78. The number of piperidine rings is 1. The molecule has 0 radical (unpaired) electrons. The zero-order valence-electron chi connectivity index (χ0n) is 12.9. The van der Waals surface area contributed by atoms with E-state index in [4.69, 9.17) is 0 Å². The molecule has 6 heteroatoms. The van der Waals surface area contributed by atoms with Crippen molar-refractivity contribution in [3.63, 3.8) is 0 Å². The van der Waals surface area contributed by atoms with Gasteiger partial charge in [-0.3, -0.25) is 4.79 Å². The monoisotopic (exact) mass is 332 g/mol. The second-order valence-corrected chi connectivity index (χ2v) is 5.94. The van der Waals surface area contributed by atoms with Gasteiger partial charge in [-0.25, -0.2) is 8.78 Å². The van der Waals surface area contributed by atoms with E-state index in [1.54, 1.807) is 18.2 Å². The number of benzene rings is 2. The van der Waals surface area contributed by atoms with Gasteiger partial charge in [0, 0.05) is 25.1 Å². The lowest BCUT2D eigenvalue weighted by molar-refractivity contribution is -0.123.